The van der Waals surface area contributed by atoms with Crippen LogP contribution in [-0.4, -0.2) is 11.9 Å². The number of hydrogen-bond donors (Lipinski definition) is 1. The van der Waals surface area contributed by atoms with Crippen molar-refractivity contribution in [2.24, 2.45) is 11.8 Å². The Labute approximate surface area is 74.7 Å². The molecule has 1 N–H and O–H groups in total. The van der Waals surface area contributed by atoms with Crippen LogP contribution in [0.3, 0.4) is 0 Å². The minimum atomic E-state index is 0.186. The van der Waals surface area contributed by atoms with E-state index in [4.69, 9.17) is 0 Å². The van der Waals surface area contributed by atoms with Crippen LogP contribution in [0.25, 0.3) is 0 Å². The highest BCUT2D eigenvalue weighted by molar-refractivity contribution is 5.78. The van der Waals surface area contributed by atoms with Crippen molar-refractivity contribution in [3.05, 3.63) is 0 Å². The molecule has 2 nitrogen and oxygen atoms in total. The minimum Gasteiger partial charge on any atom is -0.353 e. The van der Waals surface area contributed by atoms with Gasteiger partial charge in [-0.1, -0.05) is 20.8 Å². The second-order valence-corrected chi connectivity index (χ2v) is 4.31. The first-order valence-electron chi connectivity index (χ1n) is 4.90. The first kappa shape index (κ1) is 9.56. The number of carbonyl (C=O) groups excluding carboxylic acids is 1. The van der Waals surface area contributed by atoms with E-state index in [2.05, 4.69) is 19.2 Å². The summed E-state index contributed by atoms with van der Waals surface area (Å²) in [4.78, 5) is 11.4. The van der Waals surface area contributed by atoms with E-state index in [1.54, 1.807) is 0 Å². The molecule has 1 aliphatic rings. The quantitative estimate of drug-likeness (QED) is 0.684. The molecule has 1 rings (SSSR count). The zero-order chi connectivity index (χ0) is 9.14. The molecule has 2 heteroatoms. The molecule has 12 heavy (non-hydrogen) atoms. The first-order chi connectivity index (χ1) is 5.59. The molecule has 70 valence electrons. The summed E-state index contributed by atoms with van der Waals surface area (Å²) < 4.78 is 0. The lowest BCUT2D eigenvalue weighted by Gasteiger charge is -2.13. The molecule has 0 aromatic heterocycles. The molecule has 0 aliphatic heterocycles. The smallest absolute Gasteiger partial charge is 0.223 e. The lowest BCUT2D eigenvalue weighted by Crippen LogP contribution is -2.31. The van der Waals surface area contributed by atoms with Crippen LogP contribution in [0.2, 0.25) is 0 Å². The lowest BCUT2D eigenvalue weighted by molar-refractivity contribution is -0.125. The van der Waals surface area contributed by atoms with Crippen molar-refractivity contribution in [3.8, 4) is 0 Å². The molecule has 1 saturated carbocycles. The zero-order valence-electron chi connectivity index (χ0n) is 8.26. The summed E-state index contributed by atoms with van der Waals surface area (Å²) in [5.41, 5.74) is 0. The van der Waals surface area contributed by atoms with E-state index >= 15 is 0 Å². The Kier molecular flexibility index (Phi) is 3.12. The number of rotatable bonds is 4. The van der Waals surface area contributed by atoms with Gasteiger partial charge >= 0.3 is 0 Å². The SMILES string of the molecule is CC(C)CC(C)C(=O)NC1CC1. The van der Waals surface area contributed by atoms with E-state index in [-0.39, 0.29) is 11.8 Å². The van der Waals surface area contributed by atoms with Crippen LogP contribution in [0, 0.1) is 11.8 Å². The van der Waals surface area contributed by atoms with Crippen molar-refractivity contribution in [2.45, 2.75) is 46.1 Å². The summed E-state index contributed by atoms with van der Waals surface area (Å²) in [7, 11) is 0. The molecule has 0 saturated heterocycles. The maximum atomic E-state index is 11.4. The van der Waals surface area contributed by atoms with E-state index in [9.17, 15) is 4.79 Å². The Balaban J connectivity index is 2.19. The largest absolute Gasteiger partial charge is 0.353 e. The Hall–Kier alpha value is -0.530. The molecule has 1 amide bonds. The minimum absolute atomic E-state index is 0.186. The van der Waals surface area contributed by atoms with Gasteiger partial charge in [0, 0.05) is 12.0 Å². The van der Waals surface area contributed by atoms with Crippen molar-refractivity contribution in [2.75, 3.05) is 0 Å². The summed E-state index contributed by atoms with van der Waals surface area (Å²) >= 11 is 0. The van der Waals surface area contributed by atoms with Crippen molar-refractivity contribution in [3.63, 3.8) is 0 Å². The number of amides is 1. The van der Waals surface area contributed by atoms with Crippen molar-refractivity contribution >= 4 is 5.91 Å². The predicted octanol–water partition coefficient (Wildman–Crippen LogP) is 1.95. The average molecular weight is 169 g/mol. The first-order valence-corrected chi connectivity index (χ1v) is 4.90. The second kappa shape index (κ2) is 3.92. The monoisotopic (exact) mass is 169 g/mol. The second-order valence-electron chi connectivity index (χ2n) is 4.31. The molecule has 0 spiro atoms. The highest BCUT2D eigenvalue weighted by atomic mass is 16.1. The number of nitrogens with one attached hydrogen (secondary N) is 1. The third kappa shape index (κ3) is 3.24. The van der Waals surface area contributed by atoms with Crippen LogP contribution in [0.15, 0.2) is 0 Å². The zero-order valence-corrected chi connectivity index (χ0v) is 8.26. The molecule has 0 aromatic carbocycles. The van der Waals surface area contributed by atoms with E-state index in [0.29, 0.717) is 12.0 Å². The Morgan fingerprint density at radius 3 is 2.42 bits per heavy atom. The van der Waals surface area contributed by atoms with Gasteiger partial charge in [0.2, 0.25) is 5.91 Å². The summed E-state index contributed by atoms with van der Waals surface area (Å²) in [5, 5.41) is 3.02. The van der Waals surface area contributed by atoms with Crippen LogP contribution >= 0.6 is 0 Å². The van der Waals surface area contributed by atoms with E-state index in [0.717, 1.165) is 6.42 Å². The third-order valence-electron chi connectivity index (χ3n) is 2.20. The van der Waals surface area contributed by atoms with E-state index < -0.39 is 0 Å². The van der Waals surface area contributed by atoms with Gasteiger partial charge in [0.15, 0.2) is 0 Å². The van der Waals surface area contributed by atoms with Gasteiger partial charge in [0.1, 0.15) is 0 Å². The molecular formula is C10H19NO. The Morgan fingerprint density at radius 1 is 1.42 bits per heavy atom. The topological polar surface area (TPSA) is 29.1 Å². The number of hydrogen-bond acceptors (Lipinski definition) is 1. The third-order valence-corrected chi connectivity index (χ3v) is 2.20. The standard InChI is InChI=1S/C10H19NO/c1-7(2)6-8(3)10(12)11-9-4-5-9/h7-9H,4-6H2,1-3H3,(H,11,12). The summed E-state index contributed by atoms with van der Waals surface area (Å²) in [6.07, 6.45) is 3.36. The normalized spacial score (nSPS) is 19.3. The predicted molar refractivity (Wildman–Crippen MR) is 49.8 cm³/mol. The van der Waals surface area contributed by atoms with Gasteiger partial charge in [-0.15, -0.1) is 0 Å². The van der Waals surface area contributed by atoms with Gasteiger partial charge in [-0.2, -0.15) is 0 Å². The molecule has 1 aliphatic carbocycles. The van der Waals surface area contributed by atoms with Gasteiger partial charge in [0.25, 0.3) is 0 Å². The molecule has 0 bridgehead atoms. The van der Waals surface area contributed by atoms with Crippen LogP contribution in [0.1, 0.15) is 40.0 Å². The maximum Gasteiger partial charge on any atom is 0.223 e. The van der Waals surface area contributed by atoms with Crippen LogP contribution in [-0.2, 0) is 4.79 Å². The fourth-order valence-corrected chi connectivity index (χ4v) is 1.39. The fourth-order valence-electron chi connectivity index (χ4n) is 1.39. The molecule has 1 unspecified atom stereocenters. The van der Waals surface area contributed by atoms with Crippen molar-refractivity contribution in [1.29, 1.82) is 0 Å². The molecule has 1 atom stereocenters. The van der Waals surface area contributed by atoms with Gasteiger partial charge < -0.3 is 5.32 Å². The molecular weight excluding hydrogens is 150 g/mol. The van der Waals surface area contributed by atoms with Crippen LogP contribution in [0.4, 0.5) is 0 Å². The Morgan fingerprint density at radius 2 is 2.00 bits per heavy atom. The van der Waals surface area contributed by atoms with E-state index in [1.807, 2.05) is 6.92 Å². The number of carbonyl (C=O) groups is 1. The van der Waals surface area contributed by atoms with Crippen molar-refractivity contribution in [1.82, 2.24) is 5.32 Å². The van der Waals surface area contributed by atoms with Crippen LogP contribution in [0.5, 0.6) is 0 Å². The highest BCUT2D eigenvalue weighted by Crippen LogP contribution is 2.20. The average Bonchev–Trinajstić information content (AvgIpc) is 2.70. The summed E-state index contributed by atoms with van der Waals surface area (Å²) in [5.74, 6) is 1.04. The molecule has 0 heterocycles. The van der Waals surface area contributed by atoms with E-state index in [1.165, 1.54) is 12.8 Å². The van der Waals surface area contributed by atoms with Gasteiger partial charge in [-0.05, 0) is 25.2 Å². The molecule has 0 radical (unpaired) electrons. The lowest BCUT2D eigenvalue weighted by atomic mass is 9.98. The van der Waals surface area contributed by atoms with Gasteiger partial charge in [0.05, 0.1) is 0 Å². The van der Waals surface area contributed by atoms with Crippen LogP contribution < -0.4 is 5.32 Å². The highest BCUT2D eigenvalue weighted by Gasteiger charge is 2.25. The maximum absolute atomic E-state index is 11.4. The van der Waals surface area contributed by atoms with Gasteiger partial charge in [-0.3, -0.25) is 4.79 Å². The molecule has 1 fully saturated rings. The Bertz CT molecular complexity index is 161. The summed E-state index contributed by atoms with van der Waals surface area (Å²) in [6.45, 7) is 6.32. The summed E-state index contributed by atoms with van der Waals surface area (Å²) in [6, 6.07) is 0.507. The molecule has 0 aromatic rings. The fraction of sp³-hybridized carbons (Fsp3) is 0.900. The van der Waals surface area contributed by atoms with Gasteiger partial charge in [-0.25, -0.2) is 0 Å². The van der Waals surface area contributed by atoms with Crippen molar-refractivity contribution < 1.29 is 4.79 Å².